The zero-order chi connectivity index (χ0) is 9.35. The molecule has 0 aromatic rings. The van der Waals surface area contributed by atoms with Crippen molar-refractivity contribution in [2.24, 2.45) is 5.92 Å². The zero-order valence-corrected chi connectivity index (χ0v) is 7.95. The van der Waals surface area contributed by atoms with Crippen molar-refractivity contribution >= 4 is 0 Å². The van der Waals surface area contributed by atoms with Crippen LogP contribution in [-0.4, -0.2) is 35.1 Å². The van der Waals surface area contributed by atoms with Crippen LogP contribution in [0.5, 0.6) is 0 Å². The predicted molar refractivity (Wildman–Crippen MR) is 45.8 cm³/mol. The molecule has 3 heteroatoms. The van der Waals surface area contributed by atoms with E-state index < -0.39 is 11.7 Å². The Morgan fingerprint density at radius 1 is 1.42 bits per heavy atom. The molecule has 0 heterocycles. The molecule has 4 atom stereocenters. The summed E-state index contributed by atoms with van der Waals surface area (Å²) in [6.07, 6.45) is 0.383. The monoisotopic (exact) mass is 174 g/mol. The van der Waals surface area contributed by atoms with Crippen molar-refractivity contribution < 1.29 is 14.9 Å². The van der Waals surface area contributed by atoms with Gasteiger partial charge in [-0.15, -0.1) is 0 Å². The molecule has 3 nitrogen and oxygen atoms in total. The van der Waals surface area contributed by atoms with E-state index in [1.54, 1.807) is 7.11 Å². The molecule has 12 heavy (non-hydrogen) atoms. The van der Waals surface area contributed by atoms with E-state index in [0.29, 0.717) is 12.8 Å². The van der Waals surface area contributed by atoms with Crippen LogP contribution in [0.4, 0.5) is 0 Å². The molecule has 72 valence electrons. The second-order valence-corrected chi connectivity index (χ2v) is 4.03. The molecular weight excluding hydrogens is 156 g/mol. The average Bonchev–Trinajstić information content (AvgIpc) is 2.00. The smallest absolute Gasteiger partial charge is 0.0935 e. The lowest BCUT2D eigenvalue weighted by atomic mass is 9.76. The lowest BCUT2D eigenvalue weighted by molar-refractivity contribution is -0.158. The minimum absolute atomic E-state index is 0.110. The van der Waals surface area contributed by atoms with Gasteiger partial charge in [0.25, 0.3) is 0 Å². The minimum Gasteiger partial charge on any atom is -0.393 e. The Hall–Kier alpha value is -0.120. The number of rotatable bonds is 1. The van der Waals surface area contributed by atoms with E-state index in [0.717, 1.165) is 0 Å². The summed E-state index contributed by atoms with van der Waals surface area (Å²) in [6.45, 7) is 3.78. The van der Waals surface area contributed by atoms with Gasteiger partial charge in [-0.2, -0.15) is 0 Å². The summed E-state index contributed by atoms with van der Waals surface area (Å²) in [5.74, 6) is 0.110. The van der Waals surface area contributed by atoms with E-state index in [9.17, 15) is 10.2 Å². The fourth-order valence-corrected chi connectivity index (χ4v) is 2.04. The molecule has 1 aliphatic rings. The van der Waals surface area contributed by atoms with Gasteiger partial charge in [0.1, 0.15) is 0 Å². The number of methoxy groups -OCH3 is 1. The van der Waals surface area contributed by atoms with Gasteiger partial charge in [0.05, 0.1) is 17.8 Å². The first-order valence-corrected chi connectivity index (χ1v) is 4.41. The predicted octanol–water partition coefficient (Wildman–Crippen LogP) is 0.543. The second-order valence-electron chi connectivity index (χ2n) is 4.03. The van der Waals surface area contributed by atoms with E-state index in [1.807, 2.05) is 13.8 Å². The van der Waals surface area contributed by atoms with Gasteiger partial charge in [0, 0.05) is 13.5 Å². The summed E-state index contributed by atoms with van der Waals surface area (Å²) in [6, 6.07) is 0. The Bertz CT molecular complexity index is 160. The maximum atomic E-state index is 9.78. The molecule has 1 fully saturated rings. The molecule has 0 spiro atoms. The average molecular weight is 174 g/mol. The summed E-state index contributed by atoms with van der Waals surface area (Å²) >= 11 is 0. The van der Waals surface area contributed by atoms with Crippen LogP contribution < -0.4 is 0 Å². The van der Waals surface area contributed by atoms with E-state index >= 15 is 0 Å². The summed E-state index contributed by atoms with van der Waals surface area (Å²) in [7, 11) is 1.58. The normalized spacial score (nSPS) is 49.2. The highest BCUT2D eigenvalue weighted by Crippen LogP contribution is 2.34. The minimum atomic E-state index is -0.572. The van der Waals surface area contributed by atoms with Crippen molar-refractivity contribution in [2.75, 3.05) is 7.11 Å². The molecular formula is C9H18O3. The molecule has 1 aliphatic carbocycles. The molecule has 0 aromatic heterocycles. The first-order chi connectivity index (χ1) is 5.49. The van der Waals surface area contributed by atoms with Crippen molar-refractivity contribution in [3.05, 3.63) is 0 Å². The first kappa shape index (κ1) is 9.96. The Morgan fingerprint density at radius 2 is 2.00 bits per heavy atom. The SMILES string of the molecule is CO[C@]1(C)C[C@H](O)CC(C)[C@@H]1O. The van der Waals surface area contributed by atoms with Gasteiger partial charge >= 0.3 is 0 Å². The quantitative estimate of drug-likeness (QED) is 0.610. The standard InChI is InChI=1S/C9H18O3/c1-6-4-7(10)5-9(2,12-3)8(6)11/h6-8,10-11H,4-5H2,1-3H3/t6?,7-,8+,9-/m1/s1. The van der Waals surface area contributed by atoms with Crippen LogP contribution >= 0.6 is 0 Å². The van der Waals surface area contributed by atoms with Gasteiger partial charge in [0.2, 0.25) is 0 Å². The van der Waals surface area contributed by atoms with Crippen LogP contribution in [0.15, 0.2) is 0 Å². The van der Waals surface area contributed by atoms with E-state index in [2.05, 4.69) is 0 Å². The molecule has 1 rings (SSSR count). The van der Waals surface area contributed by atoms with Crippen molar-refractivity contribution in [2.45, 2.75) is 44.5 Å². The highest BCUT2D eigenvalue weighted by atomic mass is 16.5. The van der Waals surface area contributed by atoms with E-state index in [4.69, 9.17) is 4.74 Å². The zero-order valence-electron chi connectivity index (χ0n) is 7.95. The van der Waals surface area contributed by atoms with E-state index in [1.165, 1.54) is 0 Å². The van der Waals surface area contributed by atoms with Gasteiger partial charge in [0.15, 0.2) is 0 Å². The molecule has 1 unspecified atom stereocenters. The third-order valence-electron chi connectivity index (χ3n) is 2.92. The first-order valence-electron chi connectivity index (χ1n) is 4.41. The molecule has 0 amide bonds. The Labute approximate surface area is 73.4 Å². The van der Waals surface area contributed by atoms with Gasteiger partial charge < -0.3 is 14.9 Å². The van der Waals surface area contributed by atoms with Gasteiger partial charge in [-0.3, -0.25) is 0 Å². The summed E-state index contributed by atoms with van der Waals surface area (Å²) in [4.78, 5) is 0. The molecule has 2 N–H and O–H groups in total. The Morgan fingerprint density at radius 3 is 2.50 bits per heavy atom. The van der Waals surface area contributed by atoms with Crippen molar-refractivity contribution in [3.63, 3.8) is 0 Å². The van der Waals surface area contributed by atoms with Crippen molar-refractivity contribution in [1.82, 2.24) is 0 Å². The van der Waals surface area contributed by atoms with Crippen LogP contribution in [0, 0.1) is 5.92 Å². The number of hydrogen-bond donors (Lipinski definition) is 2. The third kappa shape index (κ3) is 1.63. The number of ether oxygens (including phenoxy) is 1. The highest BCUT2D eigenvalue weighted by molar-refractivity contribution is 4.94. The van der Waals surface area contributed by atoms with Crippen LogP contribution in [0.25, 0.3) is 0 Å². The largest absolute Gasteiger partial charge is 0.393 e. The maximum Gasteiger partial charge on any atom is 0.0935 e. The molecule has 0 aliphatic heterocycles. The van der Waals surface area contributed by atoms with Crippen LogP contribution in [0.3, 0.4) is 0 Å². The van der Waals surface area contributed by atoms with Gasteiger partial charge in [-0.25, -0.2) is 0 Å². The fourth-order valence-electron chi connectivity index (χ4n) is 2.04. The number of aliphatic hydroxyl groups excluding tert-OH is 2. The third-order valence-corrected chi connectivity index (χ3v) is 2.92. The summed E-state index contributed by atoms with van der Waals surface area (Å²) in [5, 5.41) is 19.3. The lowest BCUT2D eigenvalue weighted by Crippen LogP contribution is -2.52. The highest BCUT2D eigenvalue weighted by Gasteiger charge is 2.43. The van der Waals surface area contributed by atoms with Crippen molar-refractivity contribution in [1.29, 1.82) is 0 Å². The van der Waals surface area contributed by atoms with Crippen LogP contribution in [0.1, 0.15) is 26.7 Å². The topological polar surface area (TPSA) is 49.7 Å². The fraction of sp³-hybridized carbons (Fsp3) is 1.00. The molecule has 0 saturated heterocycles. The number of hydrogen-bond acceptors (Lipinski definition) is 3. The summed E-state index contributed by atoms with van der Waals surface area (Å²) in [5.41, 5.74) is -0.572. The number of aliphatic hydroxyl groups is 2. The van der Waals surface area contributed by atoms with Crippen molar-refractivity contribution in [3.8, 4) is 0 Å². The van der Waals surface area contributed by atoms with Crippen LogP contribution in [0.2, 0.25) is 0 Å². The molecule has 0 bridgehead atoms. The summed E-state index contributed by atoms with van der Waals surface area (Å²) < 4.78 is 5.22. The Kier molecular flexibility index (Phi) is 2.76. The molecule has 0 aromatic carbocycles. The van der Waals surface area contributed by atoms with Gasteiger partial charge in [-0.05, 0) is 19.3 Å². The van der Waals surface area contributed by atoms with Crippen LogP contribution in [-0.2, 0) is 4.74 Å². The van der Waals surface area contributed by atoms with Gasteiger partial charge in [-0.1, -0.05) is 6.92 Å². The van der Waals surface area contributed by atoms with E-state index in [-0.39, 0.29) is 12.0 Å². The second kappa shape index (κ2) is 3.32. The Balaban J connectivity index is 2.72. The molecule has 0 radical (unpaired) electrons. The molecule has 1 saturated carbocycles. The maximum absolute atomic E-state index is 9.78. The lowest BCUT2D eigenvalue weighted by Gasteiger charge is -2.42.